The SMILES string of the molecule is O=C(N[C@H](CC(=O)N1CCCC1)C(=O)O)OCc1ccccc1. The highest BCUT2D eigenvalue weighted by molar-refractivity contribution is 5.87. The number of nitrogens with zero attached hydrogens (tertiary/aromatic N) is 1. The number of aliphatic carboxylic acids is 1. The summed E-state index contributed by atoms with van der Waals surface area (Å²) in [5, 5.41) is 11.4. The predicted molar refractivity (Wildman–Crippen MR) is 81.6 cm³/mol. The molecule has 124 valence electrons. The molecular formula is C16H20N2O5. The predicted octanol–water partition coefficient (Wildman–Crippen LogP) is 1.38. The molecule has 7 nitrogen and oxygen atoms in total. The van der Waals surface area contributed by atoms with E-state index in [0.29, 0.717) is 13.1 Å². The Morgan fingerprint density at radius 1 is 1.17 bits per heavy atom. The van der Waals surface area contributed by atoms with E-state index in [9.17, 15) is 14.4 Å². The van der Waals surface area contributed by atoms with Gasteiger partial charge in [0.2, 0.25) is 5.91 Å². The third-order valence-corrected chi connectivity index (χ3v) is 3.64. The van der Waals surface area contributed by atoms with Gasteiger partial charge in [-0.2, -0.15) is 0 Å². The molecule has 0 spiro atoms. The average Bonchev–Trinajstić information content (AvgIpc) is 3.07. The minimum atomic E-state index is -1.29. The number of carbonyl (C=O) groups excluding carboxylic acids is 2. The minimum Gasteiger partial charge on any atom is -0.480 e. The molecule has 0 unspecified atom stereocenters. The summed E-state index contributed by atoms with van der Waals surface area (Å²) in [7, 11) is 0. The molecule has 2 amide bonds. The van der Waals surface area contributed by atoms with Crippen LogP contribution in [0.25, 0.3) is 0 Å². The molecule has 2 N–H and O–H groups in total. The lowest BCUT2D eigenvalue weighted by Gasteiger charge is -2.19. The summed E-state index contributed by atoms with van der Waals surface area (Å²) in [5.41, 5.74) is 0.794. The molecule has 7 heteroatoms. The smallest absolute Gasteiger partial charge is 0.408 e. The van der Waals surface area contributed by atoms with Crippen LogP contribution in [-0.2, 0) is 20.9 Å². The van der Waals surface area contributed by atoms with Gasteiger partial charge in [0, 0.05) is 13.1 Å². The lowest BCUT2D eigenvalue weighted by molar-refractivity contribution is -0.143. The summed E-state index contributed by atoms with van der Waals surface area (Å²) < 4.78 is 4.98. The summed E-state index contributed by atoms with van der Waals surface area (Å²) in [6.45, 7) is 1.33. The summed E-state index contributed by atoms with van der Waals surface area (Å²) >= 11 is 0. The number of amides is 2. The first-order valence-corrected chi connectivity index (χ1v) is 7.54. The Morgan fingerprint density at radius 3 is 2.43 bits per heavy atom. The molecule has 0 bridgehead atoms. The number of carboxylic acid groups (broad SMARTS) is 1. The Hall–Kier alpha value is -2.57. The van der Waals surface area contributed by atoms with E-state index in [1.165, 1.54) is 0 Å². The topological polar surface area (TPSA) is 95.9 Å². The number of nitrogens with one attached hydrogen (secondary N) is 1. The number of ether oxygens (including phenoxy) is 1. The van der Waals surface area contributed by atoms with Gasteiger partial charge in [-0.1, -0.05) is 30.3 Å². The van der Waals surface area contributed by atoms with Gasteiger partial charge >= 0.3 is 12.1 Å². The average molecular weight is 320 g/mol. The second-order valence-electron chi connectivity index (χ2n) is 5.39. The molecule has 1 fully saturated rings. The maximum Gasteiger partial charge on any atom is 0.408 e. The van der Waals surface area contributed by atoms with Crippen LogP contribution in [0.2, 0.25) is 0 Å². The molecule has 1 aliphatic rings. The van der Waals surface area contributed by atoms with Crippen LogP contribution in [0.5, 0.6) is 0 Å². The van der Waals surface area contributed by atoms with Crippen molar-refractivity contribution in [2.75, 3.05) is 13.1 Å². The van der Waals surface area contributed by atoms with Crippen LogP contribution in [0, 0.1) is 0 Å². The largest absolute Gasteiger partial charge is 0.480 e. The highest BCUT2D eigenvalue weighted by Crippen LogP contribution is 2.10. The Kier molecular flexibility index (Phi) is 5.96. The summed E-state index contributed by atoms with van der Waals surface area (Å²) in [6, 6.07) is 7.76. The van der Waals surface area contributed by atoms with E-state index in [1.807, 2.05) is 18.2 Å². The van der Waals surface area contributed by atoms with Crippen molar-refractivity contribution in [2.45, 2.75) is 31.9 Å². The molecule has 0 aromatic heterocycles. The van der Waals surface area contributed by atoms with Gasteiger partial charge < -0.3 is 20.1 Å². The maximum atomic E-state index is 12.0. The number of carbonyl (C=O) groups is 3. The second kappa shape index (κ2) is 8.17. The van der Waals surface area contributed by atoms with E-state index in [1.54, 1.807) is 17.0 Å². The third-order valence-electron chi connectivity index (χ3n) is 3.64. The van der Waals surface area contributed by atoms with E-state index < -0.39 is 18.1 Å². The molecule has 1 heterocycles. The number of rotatable bonds is 6. The molecule has 23 heavy (non-hydrogen) atoms. The van der Waals surface area contributed by atoms with Gasteiger partial charge in [0.1, 0.15) is 12.6 Å². The first-order valence-electron chi connectivity index (χ1n) is 7.54. The van der Waals surface area contributed by atoms with Crippen LogP contribution < -0.4 is 5.32 Å². The van der Waals surface area contributed by atoms with Crippen molar-refractivity contribution in [2.24, 2.45) is 0 Å². The van der Waals surface area contributed by atoms with Gasteiger partial charge in [-0.3, -0.25) is 4.79 Å². The first-order chi connectivity index (χ1) is 11.1. The Balaban J connectivity index is 1.82. The van der Waals surface area contributed by atoms with Crippen molar-refractivity contribution in [1.29, 1.82) is 0 Å². The fourth-order valence-corrected chi connectivity index (χ4v) is 2.38. The van der Waals surface area contributed by atoms with Gasteiger partial charge in [-0.15, -0.1) is 0 Å². The van der Waals surface area contributed by atoms with E-state index in [2.05, 4.69) is 5.32 Å². The van der Waals surface area contributed by atoms with Crippen molar-refractivity contribution >= 4 is 18.0 Å². The zero-order chi connectivity index (χ0) is 16.7. The molecule has 0 saturated carbocycles. The number of alkyl carbamates (subject to hydrolysis) is 1. The number of hydrogen-bond acceptors (Lipinski definition) is 4. The highest BCUT2D eigenvalue weighted by atomic mass is 16.5. The number of benzene rings is 1. The minimum absolute atomic E-state index is 0.0408. The standard InChI is InChI=1S/C16H20N2O5/c19-14(18-8-4-5-9-18)10-13(15(20)21)17-16(22)23-11-12-6-2-1-3-7-12/h1-3,6-7,13H,4-5,8-11H2,(H,17,22)(H,20,21)/t13-/m1/s1. The normalized spacial score (nSPS) is 15.0. The van der Waals surface area contributed by atoms with Crippen molar-refractivity contribution in [3.63, 3.8) is 0 Å². The fourth-order valence-electron chi connectivity index (χ4n) is 2.38. The molecule has 2 rings (SSSR count). The monoisotopic (exact) mass is 320 g/mol. The molecular weight excluding hydrogens is 300 g/mol. The Bertz CT molecular complexity index is 555. The molecule has 1 atom stereocenters. The van der Waals surface area contributed by atoms with Crippen LogP contribution in [0.15, 0.2) is 30.3 Å². The zero-order valence-corrected chi connectivity index (χ0v) is 12.7. The van der Waals surface area contributed by atoms with Crippen LogP contribution in [0.1, 0.15) is 24.8 Å². The van der Waals surface area contributed by atoms with Crippen molar-refractivity contribution in [3.05, 3.63) is 35.9 Å². The number of hydrogen-bond donors (Lipinski definition) is 2. The van der Waals surface area contributed by atoms with Crippen molar-refractivity contribution in [1.82, 2.24) is 10.2 Å². The number of carboxylic acids is 1. The second-order valence-corrected chi connectivity index (χ2v) is 5.39. The van der Waals surface area contributed by atoms with Crippen LogP contribution in [0.3, 0.4) is 0 Å². The zero-order valence-electron chi connectivity index (χ0n) is 12.7. The van der Waals surface area contributed by atoms with Crippen LogP contribution in [0.4, 0.5) is 4.79 Å². The maximum absolute atomic E-state index is 12.0. The van der Waals surface area contributed by atoms with Crippen molar-refractivity contribution in [3.8, 4) is 0 Å². The van der Waals surface area contributed by atoms with Crippen LogP contribution >= 0.6 is 0 Å². The lowest BCUT2D eigenvalue weighted by Crippen LogP contribution is -2.44. The molecule has 0 aliphatic carbocycles. The molecule has 1 aromatic carbocycles. The van der Waals surface area contributed by atoms with Gasteiger partial charge in [-0.05, 0) is 18.4 Å². The Labute approximate surface area is 134 Å². The van der Waals surface area contributed by atoms with Gasteiger partial charge in [-0.25, -0.2) is 9.59 Å². The van der Waals surface area contributed by atoms with Gasteiger partial charge in [0.05, 0.1) is 6.42 Å². The van der Waals surface area contributed by atoms with E-state index in [-0.39, 0.29) is 18.9 Å². The van der Waals surface area contributed by atoms with E-state index in [0.717, 1.165) is 18.4 Å². The molecule has 1 aliphatic heterocycles. The molecule has 1 aromatic rings. The fraction of sp³-hybridized carbons (Fsp3) is 0.438. The number of likely N-dealkylation sites (tertiary alicyclic amines) is 1. The quantitative estimate of drug-likeness (QED) is 0.825. The molecule has 0 radical (unpaired) electrons. The summed E-state index contributed by atoms with van der Waals surface area (Å²) in [5.74, 6) is -1.52. The van der Waals surface area contributed by atoms with Crippen LogP contribution in [-0.4, -0.2) is 47.1 Å². The van der Waals surface area contributed by atoms with E-state index in [4.69, 9.17) is 9.84 Å². The molecule has 1 saturated heterocycles. The Morgan fingerprint density at radius 2 is 1.83 bits per heavy atom. The summed E-state index contributed by atoms with van der Waals surface area (Å²) in [6.07, 6.45) is 0.734. The highest BCUT2D eigenvalue weighted by Gasteiger charge is 2.27. The van der Waals surface area contributed by atoms with Gasteiger partial charge in [0.25, 0.3) is 0 Å². The lowest BCUT2D eigenvalue weighted by atomic mass is 10.2. The summed E-state index contributed by atoms with van der Waals surface area (Å²) in [4.78, 5) is 36.5. The van der Waals surface area contributed by atoms with Crippen molar-refractivity contribution < 1.29 is 24.2 Å². The van der Waals surface area contributed by atoms with Gasteiger partial charge in [0.15, 0.2) is 0 Å². The first kappa shape index (κ1) is 16.8. The third kappa shape index (κ3) is 5.28. The van der Waals surface area contributed by atoms with E-state index >= 15 is 0 Å².